The summed E-state index contributed by atoms with van der Waals surface area (Å²) < 4.78 is 43.1. The Labute approximate surface area is 170 Å². The largest absolute Gasteiger partial charge is 0.497 e. The minimum absolute atomic E-state index is 0.0633. The molecule has 1 amide bonds. The first-order valence-corrected chi connectivity index (χ1v) is 10.6. The number of hydrogen-bond donors (Lipinski definition) is 1. The fourth-order valence-corrected chi connectivity index (χ4v) is 4.71. The van der Waals surface area contributed by atoms with Crippen LogP contribution in [0.15, 0.2) is 47.4 Å². The molecule has 1 N–H and O–H groups in total. The van der Waals surface area contributed by atoms with E-state index in [9.17, 15) is 13.2 Å². The Hall–Kier alpha value is -2.62. The monoisotopic (exact) mass is 420 g/mol. The van der Waals surface area contributed by atoms with Crippen LogP contribution in [0.2, 0.25) is 0 Å². The molecular formula is C20H24N2O6S. The number of ether oxygens (including phenoxy) is 3. The molecule has 1 aliphatic rings. The highest BCUT2D eigenvalue weighted by molar-refractivity contribution is 7.89. The lowest BCUT2D eigenvalue weighted by Gasteiger charge is -2.27. The first kappa shape index (κ1) is 21.1. The predicted molar refractivity (Wildman–Crippen MR) is 107 cm³/mol. The number of carbonyl (C=O) groups excluding carboxylic acids is 1. The Morgan fingerprint density at radius 1 is 1.10 bits per heavy atom. The zero-order valence-electron chi connectivity index (χ0n) is 16.4. The summed E-state index contributed by atoms with van der Waals surface area (Å²) in [5.41, 5.74) is 0.849. The van der Waals surface area contributed by atoms with Crippen molar-refractivity contribution in [3.63, 3.8) is 0 Å². The number of sulfonamides is 1. The highest BCUT2D eigenvalue weighted by Crippen LogP contribution is 2.25. The van der Waals surface area contributed by atoms with Crippen LogP contribution in [0, 0.1) is 0 Å². The molecule has 8 nitrogen and oxygen atoms in total. The molecule has 0 saturated carbocycles. The molecule has 0 radical (unpaired) electrons. The van der Waals surface area contributed by atoms with Gasteiger partial charge in [0, 0.05) is 25.7 Å². The Morgan fingerprint density at radius 2 is 1.83 bits per heavy atom. The van der Waals surface area contributed by atoms with E-state index in [0.29, 0.717) is 48.9 Å². The van der Waals surface area contributed by atoms with Crippen molar-refractivity contribution in [2.24, 2.45) is 0 Å². The summed E-state index contributed by atoms with van der Waals surface area (Å²) in [7, 11) is -0.670. The van der Waals surface area contributed by atoms with E-state index in [2.05, 4.69) is 5.32 Å². The summed E-state index contributed by atoms with van der Waals surface area (Å²) in [4.78, 5) is 12.8. The lowest BCUT2D eigenvalue weighted by Crippen LogP contribution is -2.41. The van der Waals surface area contributed by atoms with Crippen molar-refractivity contribution in [3.8, 4) is 11.5 Å². The van der Waals surface area contributed by atoms with E-state index < -0.39 is 10.0 Å². The fourth-order valence-electron chi connectivity index (χ4n) is 3.08. The predicted octanol–water partition coefficient (Wildman–Crippen LogP) is 1.65. The quantitative estimate of drug-likeness (QED) is 0.732. The van der Waals surface area contributed by atoms with E-state index in [4.69, 9.17) is 14.2 Å². The SMILES string of the molecule is COc1ccc(C(=O)NCc2ccccc2S(=O)(=O)N2CCOCC2)c(OC)c1. The van der Waals surface area contributed by atoms with Crippen LogP contribution in [0.1, 0.15) is 15.9 Å². The lowest BCUT2D eigenvalue weighted by atomic mass is 10.1. The van der Waals surface area contributed by atoms with E-state index in [-0.39, 0.29) is 17.3 Å². The first-order chi connectivity index (χ1) is 14.0. The van der Waals surface area contributed by atoms with Gasteiger partial charge in [-0.2, -0.15) is 4.31 Å². The topological polar surface area (TPSA) is 94.2 Å². The second-order valence-corrected chi connectivity index (χ2v) is 8.28. The van der Waals surface area contributed by atoms with Gasteiger partial charge < -0.3 is 19.5 Å². The molecule has 0 aromatic heterocycles. The van der Waals surface area contributed by atoms with Crippen molar-refractivity contribution in [1.82, 2.24) is 9.62 Å². The third kappa shape index (κ3) is 4.69. The summed E-state index contributed by atoms with van der Waals surface area (Å²) in [6.45, 7) is 1.43. The number of methoxy groups -OCH3 is 2. The van der Waals surface area contributed by atoms with Crippen molar-refractivity contribution in [1.29, 1.82) is 0 Å². The van der Waals surface area contributed by atoms with E-state index in [0.717, 1.165) is 0 Å². The van der Waals surface area contributed by atoms with Crippen LogP contribution in [0.3, 0.4) is 0 Å². The van der Waals surface area contributed by atoms with Crippen LogP contribution in [-0.2, 0) is 21.3 Å². The normalized spacial score (nSPS) is 15.0. The Balaban J connectivity index is 1.79. The summed E-state index contributed by atoms with van der Waals surface area (Å²) in [6.07, 6.45) is 0. The fraction of sp³-hybridized carbons (Fsp3) is 0.350. The summed E-state index contributed by atoms with van der Waals surface area (Å²) >= 11 is 0. The van der Waals surface area contributed by atoms with Gasteiger partial charge in [0.15, 0.2) is 0 Å². The Kier molecular flexibility index (Phi) is 6.73. The molecule has 0 unspecified atom stereocenters. The van der Waals surface area contributed by atoms with Crippen LogP contribution in [0.5, 0.6) is 11.5 Å². The number of rotatable bonds is 7. The minimum Gasteiger partial charge on any atom is -0.497 e. The zero-order valence-corrected chi connectivity index (χ0v) is 17.2. The molecule has 2 aromatic rings. The molecular weight excluding hydrogens is 396 g/mol. The van der Waals surface area contributed by atoms with Crippen molar-refractivity contribution >= 4 is 15.9 Å². The highest BCUT2D eigenvalue weighted by atomic mass is 32.2. The Bertz CT molecular complexity index is 971. The second-order valence-electron chi connectivity index (χ2n) is 6.37. The van der Waals surface area contributed by atoms with Gasteiger partial charge in [0.25, 0.3) is 5.91 Å². The smallest absolute Gasteiger partial charge is 0.255 e. The summed E-state index contributed by atoms with van der Waals surface area (Å²) in [5.74, 6) is 0.569. The van der Waals surface area contributed by atoms with E-state index in [1.807, 2.05) is 0 Å². The van der Waals surface area contributed by atoms with Gasteiger partial charge in [-0.15, -0.1) is 0 Å². The molecule has 156 valence electrons. The number of benzene rings is 2. The van der Waals surface area contributed by atoms with Crippen molar-refractivity contribution in [2.45, 2.75) is 11.4 Å². The maximum Gasteiger partial charge on any atom is 0.255 e. The van der Waals surface area contributed by atoms with E-state index in [1.54, 1.807) is 42.5 Å². The summed E-state index contributed by atoms with van der Waals surface area (Å²) in [5, 5.41) is 2.78. The average molecular weight is 420 g/mol. The third-order valence-electron chi connectivity index (χ3n) is 4.65. The van der Waals surface area contributed by atoms with Crippen molar-refractivity contribution in [2.75, 3.05) is 40.5 Å². The molecule has 0 bridgehead atoms. The molecule has 2 aromatic carbocycles. The van der Waals surface area contributed by atoms with Gasteiger partial charge in [-0.25, -0.2) is 8.42 Å². The number of hydrogen-bond acceptors (Lipinski definition) is 6. The van der Waals surface area contributed by atoms with Crippen LogP contribution in [0.25, 0.3) is 0 Å². The van der Waals surface area contributed by atoms with E-state index >= 15 is 0 Å². The van der Waals surface area contributed by atoms with Gasteiger partial charge in [0.1, 0.15) is 11.5 Å². The minimum atomic E-state index is -3.67. The van der Waals surface area contributed by atoms with Gasteiger partial charge in [-0.3, -0.25) is 4.79 Å². The molecule has 1 aliphatic heterocycles. The lowest BCUT2D eigenvalue weighted by molar-refractivity contribution is 0.0730. The Morgan fingerprint density at radius 3 is 2.52 bits per heavy atom. The van der Waals surface area contributed by atoms with Crippen LogP contribution in [0.4, 0.5) is 0 Å². The number of carbonyl (C=O) groups is 1. The molecule has 0 spiro atoms. The van der Waals surface area contributed by atoms with E-state index in [1.165, 1.54) is 18.5 Å². The van der Waals surface area contributed by atoms with Gasteiger partial charge >= 0.3 is 0 Å². The number of nitrogens with zero attached hydrogens (tertiary/aromatic N) is 1. The van der Waals surface area contributed by atoms with Gasteiger partial charge in [-0.05, 0) is 23.8 Å². The van der Waals surface area contributed by atoms with Gasteiger partial charge in [0.05, 0.1) is 37.9 Å². The van der Waals surface area contributed by atoms with Crippen molar-refractivity contribution < 1.29 is 27.4 Å². The van der Waals surface area contributed by atoms with Crippen molar-refractivity contribution in [3.05, 3.63) is 53.6 Å². The molecule has 29 heavy (non-hydrogen) atoms. The van der Waals surface area contributed by atoms with Gasteiger partial charge in [0.2, 0.25) is 10.0 Å². The third-order valence-corrected chi connectivity index (χ3v) is 6.65. The van der Waals surface area contributed by atoms with Crippen LogP contribution < -0.4 is 14.8 Å². The highest BCUT2D eigenvalue weighted by Gasteiger charge is 2.28. The zero-order chi connectivity index (χ0) is 20.9. The maximum atomic E-state index is 13.0. The molecule has 1 saturated heterocycles. The van der Waals surface area contributed by atoms with Crippen LogP contribution in [-0.4, -0.2) is 59.2 Å². The number of nitrogens with one attached hydrogen (secondary N) is 1. The molecule has 0 atom stereocenters. The second kappa shape index (κ2) is 9.25. The molecule has 9 heteroatoms. The molecule has 1 fully saturated rings. The number of morpholine rings is 1. The van der Waals surface area contributed by atoms with Crippen LogP contribution >= 0.6 is 0 Å². The standard InChI is InChI=1S/C20H24N2O6S/c1-26-16-7-8-17(18(13-16)27-2)20(23)21-14-15-5-3-4-6-19(15)29(24,25)22-9-11-28-12-10-22/h3-8,13H,9-12,14H2,1-2H3,(H,21,23). The molecule has 1 heterocycles. The molecule has 3 rings (SSSR count). The first-order valence-electron chi connectivity index (χ1n) is 9.13. The maximum absolute atomic E-state index is 13.0. The molecule has 0 aliphatic carbocycles. The van der Waals surface area contributed by atoms with Gasteiger partial charge in [-0.1, -0.05) is 18.2 Å². The summed E-state index contributed by atoms with van der Waals surface area (Å²) in [6, 6.07) is 11.5. The number of amides is 1. The average Bonchev–Trinajstić information content (AvgIpc) is 2.77.